The summed E-state index contributed by atoms with van der Waals surface area (Å²) in [6.45, 7) is 1.05. The summed E-state index contributed by atoms with van der Waals surface area (Å²) >= 11 is 0. The highest BCUT2D eigenvalue weighted by molar-refractivity contribution is 5.76. The van der Waals surface area contributed by atoms with Gasteiger partial charge in [-0.15, -0.1) is 0 Å². The molecule has 110 valence electrons. The van der Waals surface area contributed by atoms with E-state index in [0.29, 0.717) is 19.5 Å². The average Bonchev–Trinajstić information content (AvgIpc) is 2.92. The van der Waals surface area contributed by atoms with E-state index in [9.17, 15) is 9.59 Å². The number of nitrogens with one attached hydrogen (secondary N) is 2. The molecule has 1 heterocycles. The van der Waals surface area contributed by atoms with Gasteiger partial charge in [0.05, 0.1) is 12.5 Å². The van der Waals surface area contributed by atoms with Gasteiger partial charge in [-0.1, -0.05) is 12.8 Å². The minimum Gasteiger partial charge on any atom is -0.481 e. The number of carbonyl (C=O) groups excluding carboxylic acids is 1. The summed E-state index contributed by atoms with van der Waals surface area (Å²) in [5.74, 6) is -1.30. The number of hydrogen-bond donors (Lipinski definition) is 3. The Kier molecular flexibility index (Phi) is 4.97. The molecule has 1 aliphatic carbocycles. The Labute approximate surface area is 117 Å². The van der Waals surface area contributed by atoms with Crippen LogP contribution in [0.25, 0.3) is 0 Å². The third-order valence-corrected chi connectivity index (χ3v) is 3.59. The third kappa shape index (κ3) is 3.97. The molecule has 2 amide bonds. The van der Waals surface area contributed by atoms with Crippen LogP contribution in [0.3, 0.4) is 0 Å². The lowest BCUT2D eigenvalue weighted by Gasteiger charge is -2.29. The Morgan fingerprint density at radius 3 is 2.85 bits per heavy atom. The molecule has 1 aliphatic rings. The van der Waals surface area contributed by atoms with Crippen LogP contribution in [0.2, 0.25) is 0 Å². The molecule has 1 aromatic rings. The molecule has 0 aromatic carbocycles. The van der Waals surface area contributed by atoms with Crippen LogP contribution in [0.4, 0.5) is 4.79 Å². The summed E-state index contributed by atoms with van der Waals surface area (Å²) in [6.07, 6.45) is 6.73. The van der Waals surface area contributed by atoms with Crippen LogP contribution in [0.5, 0.6) is 0 Å². The predicted octanol–water partition coefficient (Wildman–Crippen LogP) is 0.826. The largest absolute Gasteiger partial charge is 0.481 e. The summed E-state index contributed by atoms with van der Waals surface area (Å²) in [6, 6.07) is 1.24. The van der Waals surface area contributed by atoms with Crippen molar-refractivity contribution in [2.75, 3.05) is 6.54 Å². The van der Waals surface area contributed by atoms with Gasteiger partial charge in [0.15, 0.2) is 0 Å². The van der Waals surface area contributed by atoms with Crippen molar-refractivity contribution in [3.05, 3.63) is 18.5 Å². The number of hydrogen-bond acceptors (Lipinski definition) is 3. The van der Waals surface area contributed by atoms with Crippen molar-refractivity contribution in [3.63, 3.8) is 0 Å². The van der Waals surface area contributed by atoms with Crippen molar-refractivity contribution in [2.24, 2.45) is 5.92 Å². The second kappa shape index (κ2) is 6.93. The summed E-state index contributed by atoms with van der Waals surface area (Å²) in [4.78, 5) is 22.9. The zero-order valence-corrected chi connectivity index (χ0v) is 11.3. The maximum absolute atomic E-state index is 11.8. The molecule has 0 aliphatic heterocycles. The highest BCUT2D eigenvalue weighted by atomic mass is 16.4. The fourth-order valence-corrected chi connectivity index (χ4v) is 2.54. The van der Waals surface area contributed by atoms with E-state index in [0.717, 1.165) is 19.3 Å². The van der Waals surface area contributed by atoms with Crippen molar-refractivity contribution >= 4 is 12.0 Å². The van der Waals surface area contributed by atoms with Gasteiger partial charge in [0.2, 0.25) is 0 Å². The van der Waals surface area contributed by atoms with Gasteiger partial charge in [-0.05, 0) is 18.9 Å². The number of aliphatic carboxylic acids is 1. The first-order chi connectivity index (χ1) is 9.66. The van der Waals surface area contributed by atoms with Crippen LogP contribution in [-0.2, 0) is 11.3 Å². The smallest absolute Gasteiger partial charge is 0.315 e. The summed E-state index contributed by atoms with van der Waals surface area (Å²) in [7, 11) is 0. The van der Waals surface area contributed by atoms with E-state index in [4.69, 9.17) is 5.11 Å². The molecule has 3 N–H and O–H groups in total. The number of carboxylic acids is 1. The number of urea groups is 1. The Bertz CT molecular complexity index is 446. The molecule has 0 bridgehead atoms. The van der Waals surface area contributed by atoms with Crippen molar-refractivity contribution in [1.82, 2.24) is 20.4 Å². The SMILES string of the molecule is O=C(NCCn1cccn1)NC1CCCCC1C(=O)O. The molecule has 7 heteroatoms. The lowest BCUT2D eigenvalue weighted by molar-refractivity contribution is -0.143. The van der Waals surface area contributed by atoms with Gasteiger partial charge in [-0.2, -0.15) is 5.10 Å². The zero-order valence-electron chi connectivity index (χ0n) is 11.3. The van der Waals surface area contributed by atoms with Crippen molar-refractivity contribution in [1.29, 1.82) is 0 Å². The van der Waals surface area contributed by atoms with Crippen LogP contribution >= 0.6 is 0 Å². The van der Waals surface area contributed by atoms with Crippen LogP contribution in [-0.4, -0.2) is 39.5 Å². The second-order valence-corrected chi connectivity index (χ2v) is 5.01. The van der Waals surface area contributed by atoms with E-state index in [1.165, 1.54) is 0 Å². The molecule has 2 unspecified atom stereocenters. The molecule has 2 rings (SSSR count). The van der Waals surface area contributed by atoms with Gasteiger partial charge < -0.3 is 15.7 Å². The topological polar surface area (TPSA) is 96.3 Å². The molecule has 20 heavy (non-hydrogen) atoms. The summed E-state index contributed by atoms with van der Waals surface area (Å²) in [5, 5.41) is 18.7. The lowest BCUT2D eigenvalue weighted by Crippen LogP contribution is -2.49. The lowest BCUT2D eigenvalue weighted by atomic mass is 9.84. The van der Waals surface area contributed by atoms with Crippen molar-refractivity contribution in [2.45, 2.75) is 38.3 Å². The molecule has 7 nitrogen and oxygen atoms in total. The van der Waals surface area contributed by atoms with Gasteiger partial charge in [0.1, 0.15) is 0 Å². The molecule has 0 spiro atoms. The normalized spacial score (nSPS) is 22.2. The highest BCUT2D eigenvalue weighted by Gasteiger charge is 2.31. The van der Waals surface area contributed by atoms with Gasteiger partial charge >= 0.3 is 12.0 Å². The Morgan fingerprint density at radius 1 is 1.35 bits per heavy atom. The number of amides is 2. The molecular weight excluding hydrogens is 260 g/mol. The van der Waals surface area contributed by atoms with E-state index < -0.39 is 11.9 Å². The van der Waals surface area contributed by atoms with Gasteiger partial charge in [0.25, 0.3) is 0 Å². The first-order valence-electron chi connectivity index (χ1n) is 6.91. The summed E-state index contributed by atoms with van der Waals surface area (Å²) < 4.78 is 1.72. The molecule has 1 fully saturated rings. The van der Waals surface area contributed by atoms with Crippen LogP contribution < -0.4 is 10.6 Å². The van der Waals surface area contributed by atoms with Crippen LogP contribution in [0.15, 0.2) is 18.5 Å². The van der Waals surface area contributed by atoms with E-state index in [-0.39, 0.29) is 12.1 Å². The van der Waals surface area contributed by atoms with E-state index in [1.807, 2.05) is 12.3 Å². The highest BCUT2D eigenvalue weighted by Crippen LogP contribution is 2.24. The summed E-state index contributed by atoms with van der Waals surface area (Å²) in [5.41, 5.74) is 0. The first kappa shape index (κ1) is 14.4. The fourth-order valence-electron chi connectivity index (χ4n) is 2.54. The average molecular weight is 280 g/mol. The van der Waals surface area contributed by atoms with Crippen LogP contribution in [0, 0.1) is 5.92 Å². The Hall–Kier alpha value is -2.05. The number of carboxylic acid groups (broad SMARTS) is 1. The Morgan fingerprint density at radius 2 is 2.15 bits per heavy atom. The minimum absolute atomic E-state index is 0.272. The van der Waals surface area contributed by atoms with Gasteiger partial charge in [-0.3, -0.25) is 9.48 Å². The van der Waals surface area contributed by atoms with Crippen molar-refractivity contribution < 1.29 is 14.7 Å². The molecule has 2 atom stereocenters. The third-order valence-electron chi connectivity index (χ3n) is 3.59. The molecule has 0 saturated heterocycles. The Balaban J connectivity index is 1.73. The quantitative estimate of drug-likeness (QED) is 0.744. The van der Waals surface area contributed by atoms with Gasteiger partial charge in [-0.25, -0.2) is 4.79 Å². The number of carbonyl (C=O) groups is 2. The van der Waals surface area contributed by atoms with Crippen molar-refractivity contribution in [3.8, 4) is 0 Å². The van der Waals surface area contributed by atoms with Crippen LogP contribution in [0.1, 0.15) is 25.7 Å². The number of nitrogens with zero attached hydrogens (tertiary/aromatic N) is 2. The number of rotatable bonds is 5. The monoisotopic (exact) mass is 280 g/mol. The van der Waals surface area contributed by atoms with Gasteiger partial charge in [0, 0.05) is 25.0 Å². The van der Waals surface area contributed by atoms with E-state index >= 15 is 0 Å². The maximum atomic E-state index is 11.8. The maximum Gasteiger partial charge on any atom is 0.315 e. The van der Waals surface area contributed by atoms with E-state index in [1.54, 1.807) is 10.9 Å². The number of aromatic nitrogens is 2. The minimum atomic E-state index is -0.827. The fraction of sp³-hybridized carbons (Fsp3) is 0.615. The van der Waals surface area contributed by atoms with E-state index in [2.05, 4.69) is 15.7 Å². The zero-order chi connectivity index (χ0) is 14.4. The second-order valence-electron chi connectivity index (χ2n) is 5.01. The first-order valence-corrected chi connectivity index (χ1v) is 6.91. The predicted molar refractivity (Wildman–Crippen MR) is 72.1 cm³/mol. The molecule has 0 radical (unpaired) electrons. The standard InChI is InChI=1S/C13H20N4O3/c18-12(19)10-4-1-2-5-11(10)16-13(20)14-7-9-17-8-3-6-15-17/h3,6,8,10-11H,1-2,4-5,7,9H2,(H,18,19)(H2,14,16,20). The molecule has 1 saturated carbocycles. The molecule has 1 aromatic heterocycles. The molecular formula is C13H20N4O3.